The average Bonchev–Trinajstić information content (AvgIpc) is 2.24. The Hall–Kier alpha value is -1.20. The number of carbonyl (C=O) groups excluding carboxylic acids is 2. The summed E-state index contributed by atoms with van der Waals surface area (Å²) >= 11 is 3.30. The van der Waals surface area contributed by atoms with E-state index in [1.807, 2.05) is 6.07 Å². The van der Waals surface area contributed by atoms with Crippen LogP contribution in [-0.4, -0.2) is 17.9 Å². The molecule has 16 heavy (non-hydrogen) atoms. The number of hydrogen-bond donors (Lipinski definition) is 1. The highest BCUT2D eigenvalue weighted by Gasteiger charge is 2.33. The van der Waals surface area contributed by atoms with Crippen molar-refractivity contribution < 1.29 is 9.59 Å². The molecule has 84 valence electrons. The van der Waals surface area contributed by atoms with Gasteiger partial charge in [-0.25, -0.2) is 4.90 Å². The van der Waals surface area contributed by atoms with E-state index in [0.29, 0.717) is 18.5 Å². The maximum Gasteiger partial charge on any atom is 0.250 e. The van der Waals surface area contributed by atoms with Gasteiger partial charge in [0.05, 0.1) is 11.7 Å². The van der Waals surface area contributed by atoms with Crippen molar-refractivity contribution in [2.75, 3.05) is 4.90 Å². The molecule has 1 aliphatic heterocycles. The Morgan fingerprint density at radius 3 is 2.81 bits per heavy atom. The summed E-state index contributed by atoms with van der Waals surface area (Å²) in [5, 5.41) is 0. The molecule has 1 aromatic rings. The second kappa shape index (κ2) is 4.35. The molecule has 4 nitrogen and oxygen atoms in total. The minimum absolute atomic E-state index is 0.190. The van der Waals surface area contributed by atoms with E-state index in [4.69, 9.17) is 5.73 Å². The Kier molecular flexibility index (Phi) is 3.07. The molecule has 1 atom stereocenters. The van der Waals surface area contributed by atoms with Gasteiger partial charge in [0.15, 0.2) is 0 Å². The van der Waals surface area contributed by atoms with E-state index in [1.165, 1.54) is 4.90 Å². The Bertz CT molecular complexity index is 447. The molecule has 2 amide bonds. The van der Waals surface area contributed by atoms with E-state index >= 15 is 0 Å². The number of nitrogens with zero attached hydrogens (tertiary/aromatic N) is 1. The molecule has 0 aliphatic carbocycles. The molecule has 0 unspecified atom stereocenters. The van der Waals surface area contributed by atoms with Gasteiger partial charge in [-0.3, -0.25) is 9.59 Å². The van der Waals surface area contributed by atoms with Crippen molar-refractivity contribution in [3.05, 3.63) is 28.7 Å². The first-order chi connectivity index (χ1) is 7.59. The Balaban J connectivity index is 2.37. The van der Waals surface area contributed by atoms with Crippen molar-refractivity contribution >= 4 is 33.4 Å². The first kappa shape index (κ1) is 11.3. The van der Waals surface area contributed by atoms with Crippen LogP contribution < -0.4 is 10.6 Å². The maximum absolute atomic E-state index is 11.8. The zero-order chi connectivity index (χ0) is 11.7. The molecule has 0 bridgehead atoms. The molecule has 0 saturated carbocycles. The highest BCUT2D eigenvalue weighted by molar-refractivity contribution is 9.10. The first-order valence-corrected chi connectivity index (χ1v) is 5.77. The monoisotopic (exact) mass is 282 g/mol. The third-order valence-electron chi connectivity index (χ3n) is 2.52. The number of rotatable bonds is 1. The summed E-state index contributed by atoms with van der Waals surface area (Å²) in [7, 11) is 0. The maximum atomic E-state index is 11.8. The minimum atomic E-state index is -0.573. The molecule has 0 aromatic heterocycles. The summed E-state index contributed by atoms with van der Waals surface area (Å²) in [5.41, 5.74) is 6.22. The molecule has 2 rings (SSSR count). The van der Waals surface area contributed by atoms with Gasteiger partial charge in [-0.1, -0.05) is 22.0 Å². The SMILES string of the molecule is N[C@H]1CCC(=O)N(c2cccc(Br)c2)C1=O. The topological polar surface area (TPSA) is 63.4 Å². The third kappa shape index (κ3) is 2.01. The van der Waals surface area contributed by atoms with E-state index in [-0.39, 0.29) is 11.8 Å². The summed E-state index contributed by atoms with van der Waals surface area (Å²) in [6.07, 6.45) is 0.752. The molecule has 1 aromatic carbocycles. The van der Waals surface area contributed by atoms with Crippen LogP contribution in [0, 0.1) is 0 Å². The van der Waals surface area contributed by atoms with E-state index in [2.05, 4.69) is 15.9 Å². The van der Waals surface area contributed by atoms with Gasteiger partial charge in [-0.05, 0) is 24.6 Å². The van der Waals surface area contributed by atoms with Gasteiger partial charge in [-0.2, -0.15) is 0 Å². The normalized spacial score (nSPS) is 21.4. The Labute approximate surface area is 102 Å². The van der Waals surface area contributed by atoms with Gasteiger partial charge < -0.3 is 5.73 Å². The summed E-state index contributed by atoms with van der Waals surface area (Å²) in [5.74, 6) is -0.515. The highest BCUT2D eigenvalue weighted by atomic mass is 79.9. The summed E-state index contributed by atoms with van der Waals surface area (Å²) in [6.45, 7) is 0. The lowest BCUT2D eigenvalue weighted by Gasteiger charge is -2.28. The fraction of sp³-hybridized carbons (Fsp3) is 0.273. The number of nitrogens with two attached hydrogens (primary N) is 1. The van der Waals surface area contributed by atoms with Crippen molar-refractivity contribution in [2.24, 2.45) is 5.73 Å². The van der Waals surface area contributed by atoms with Gasteiger partial charge in [0, 0.05) is 10.9 Å². The summed E-state index contributed by atoms with van der Waals surface area (Å²) in [6, 6.07) is 6.49. The molecule has 1 aliphatic rings. The molecule has 0 spiro atoms. The number of anilines is 1. The molecular formula is C11H11BrN2O2. The lowest BCUT2D eigenvalue weighted by atomic mass is 10.0. The number of hydrogen-bond acceptors (Lipinski definition) is 3. The summed E-state index contributed by atoms with van der Waals surface area (Å²) in [4.78, 5) is 24.7. The van der Waals surface area contributed by atoms with Crippen LogP contribution in [0.5, 0.6) is 0 Å². The van der Waals surface area contributed by atoms with Crippen LogP contribution in [0.4, 0.5) is 5.69 Å². The molecular weight excluding hydrogens is 272 g/mol. The van der Waals surface area contributed by atoms with Crippen molar-refractivity contribution in [3.8, 4) is 0 Å². The standard InChI is InChI=1S/C11H11BrN2O2/c12-7-2-1-3-8(6-7)14-10(15)5-4-9(13)11(14)16/h1-3,6,9H,4-5,13H2/t9-/m0/s1. The van der Waals surface area contributed by atoms with Gasteiger partial charge in [-0.15, -0.1) is 0 Å². The van der Waals surface area contributed by atoms with Crippen molar-refractivity contribution in [3.63, 3.8) is 0 Å². The van der Waals surface area contributed by atoms with E-state index in [9.17, 15) is 9.59 Å². The molecule has 5 heteroatoms. The van der Waals surface area contributed by atoms with Gasteiger partial charge >= 0.3 is 0 Å². The molecule has 1 heterocycles. The Morgan fingerprint density at radius 1 is 1.38 bits per heavy atom. The fourth-order valence-electron chi connectivity index (χ4n) is 1.69. The average molecular weight is 283 g/mol. The van der Waals surface area contributed by atoms with Gasteiger partial charge in [0.25, 0.3) is 5.91 Å². The van der Waals surface area contributed by atoms with Crippen LogP contribution in [0.15, 0.2) is 28.7 Å². The molecule has 1 fully saturated rings. The van der Waals surface area contributed by atoms with Crippen molar-refractivity contribution in [1.29, 1.82) is 0 Å². The number of imide groups is 1. The van der Waals surface area contributed by atoms with Crippen LogP contribution >= 0.6 is 15.9 Å². The number of benzene rings is 1. The first-order valence-electron chi connectivity index (χ1n) is 4.97. The Morgan fingerprint density at radius 2 is 2.12 bits per heavy atom. The summed E-state index contributed by atoms with van der Waals surface area (Å²) < 4.78 is 0.824. The zero-order valence-electron chi connectivity index (χ0n) is 8.52. The van der Waals surface area contributed by atoms with Crippen molar-refractivity contribution in [2.45, 2.75) is 18.9 Å². The second-order valence-electron chi connectivity index (χ2n) is 3.69. The van der Waals surface area contributed by atoms with Gasteiger partial charge in [0.1, 0.15) is 0 Å². The number of carbonyl (C=O) groups is 2. The van der Waals surface area contributed by atoms with E-state index in [0.717, 1.165) is 4.47 Å². The van der Waals surface area contributed by atoms with Crippen LogP contribution in [0.3, 0.4) is 0 Å². The van der Waals surface area contributed by atoms with Gasteiger partial charge in [0.2, 0.25) is 5.91 Å². The molecule has 0 radical (unpaired) electrons. The van der Waals surface area contributed by atoms with Crippen LogP contribution in [0.1, 0.15) is 12.8 Å². The molecule has 2 N–H and O–H groups in total. The highest BCUT2D eigenvalue weighted by Crippen LogP contribution is 2.24. The minimum Gasteiger partial charge on any atom is -0.320 e. The largest absolute Gasteiger partial charge is 0.320 e. The van der Waals surface area contributed by atoms with E-state index in [1.54, 1.807) is 18.2 Å². The number of amides is 2. The second-order valence-corrected chi connectivity index (χ2v) is 4.61. The lowest BCUT2D eigenvalue weighted by Crippen LogP contribution is -2.51. The quantitative estimate of drug-likeness (QED) is 0.793. The third-order valence-corrected chi connectivity index (χ3v) is 3.02. The predicted molar refractivity (Wildman–Crippen MR) is 63.8 cm³/mol. The van der Waals surface area contributed by atoms with Crippen LogP contribution in [0.25, 0.3) is 0 Å². The molecule has 1 saturated heterocycles. The fourth-order valence-corrected chi connectivity index (χ4v) is 2.08. The lowest BCUT2D eigenvalue weighted by molar-refractivity contribution is -0.130. The number of piperidine rings is 1. The van der Waals surface area contributed by atoms with Crippen molar-refractivity contribution in [1.82, 2.24) is 0 Å². The predicted octanol–water partition coefficient (Wildman–Crippen LogP) is 1.43. The number of halogens is 1. The van der Waals surface area contributed by atoms with E-state index < -0.39 is 6.04 Å². The van der Waals surface area contributed by atoms with Crippen LogP contribution in [-0.2, 0) is 9.59 Å². The van der Waals surface area contributed by atoms with Crippen LogP contribution in [0.2, 0.25) is 0 Å². The zero-order valence-corrected chi connectivity index (χ0v) is 10.1. The smallest absolute Gasteiger partial charge is 0.250 e.